The quantitative estimate of drug-likeness (QED) is 0.842. The lowest BCUT2D eigenvalue weighted by atomic mass is 10.2. The normalized spacial score (nSPS) is 15.1. The van der Waals surface area contributed by atoms with E-state index in [1.807, 2.05) is 0 Å². The van der Waals surface area contributed by atoms with Crippen molar-refractivity contribution in [2.45, 2.75) is 25.7 Å². The van der Waals surface area contributed by atoms with Crippen molar-refractivity contribution in [2.24, 2.45) is 0 Å². The predicted molar refractivity (Wildman–Crippen MR) is 62.9 cm³/mol. The van der Waals surface area contributed by atoms with Crippen LogP contribution < -0.4 is 0 Å². The lowest BCUT2D eigenvalue weighted by Gasteiger charge is -2.28. The van der Waals surface area contributed by atoms with Crippen LogP contribution in [0.1, 0.15) is 17.2 Å². The van der Waals surface area contributed by atoms with Gasteiger partial charge in [0.2, 0.25) is 11.7 Å². The molecule has 0 saturated heterocycles. The Hall–Kier alpha value is -2.32. The summed E-state index contributed by atoms with van der Waals surface area (Å²) in [6, 6.07) is 1.67. The number of fused-ring (bicyclic) bond motifs is 1. The molecular weight excluding hydrogens is 289 g/mol. The minimum atomic E-state index is -4.53. The molecule has 3 heterocycles. The van der Waals surface area contributed by atoms with Crippen LogP contribution in [-0.2, 0) is 30.5 Å². The summed E-state index contributed by atoms with van der Waals surface area (Å²) in [5.74, 6) is -1.05. The van der Waals surface area contributed by atoms with Crippen molar-refractivity contribution < 1.29 is 22.4 Å². The summed E-state index contributed by atoms with van der Waals surface area (Å²) in [5, 5.41) is 6.71. The molecule has 0 aliphatic carbocycles. The van der Waals surface area contributed by atoms with Crippen molar-refractivity contribution in [1.29, 1.82) is 0 Å². The van der Waals surface area contributed by atoms with Crippen LogP contribution in [0.3, 0.4) is 0 Å². The van der Waals surface area contributed by atoms with E-state index in [1.165, 1.54) is 17.4 Å². The molecule has 0 atom stereocenters. The van der Waals surface area contributed by atoms with E-state index in [0.29, 0.717) is 0 Å². The van der Waals surface area contributed by atoms with E-state index >= 15 is 0 Å². The van der Waals surface area contributed by atoms with Crippen LogP contribution in [-0.4, -0.2) is 32.1 Å². The van der Waals surface area contributed by atoms with Gasteiger partial charge in [-0.3, -0.25) is 4.79 Å². The Bertz CT molecular complexity index is 648. The predicted octanol–water partition coefficient (Wildman–Crippen LogP) is 1.47. The first-order chi connectivity index (χ1) is 9.95. The number of halogens is 3. The Kier molecular flexibility index (Phi) is 3.19. The highest BCUT2D eigenvalue weighted by molar-refractivity contribution is 5.78. The minimum absolute atomic E-state index is 0.0275. The van der Waals surface area contributed by atoms with Gasteiger partial charge in [-0.25, -0.2) is 0 Å². The number of amides is 1. The number of hydrogen-bond donors (Lipinski definition) is 0. The number of hydrogen-bond acceptors (Lipinski definition) is 4. The SMILES string of the molecule is O=C(Cc1ccoc1)N1CCn2c(nnc2C(F)(F)F)C1. The average molecular weight is 300 g/mol. The largest absolute Gasteiger partial charge is 0.472 e. The lowest BCUT2D eigenvalue weighted by Crippen LogP contribution is -2.40. The molecule has 0 N–H and O–H groups in total. The number of rotatable bonds is 2. The lowest BCUT2D eigenvalue weighted by molar-refractivity contribution is -0.148. The van der Waals surface area contributed by atoms with Crippen molar-refractivity contribution >= 4 is 5.91 Å². The van der Waals surface area contributed by atoms with Gasteiger partial charge in [0.05, 0.1) is 25.5 Å². The smallest absolute Gasteiger partial charge is 0.451 e. The molecule has 0 fully saturated rings. The van der Waals surface area contributed by atoms with E-state index in [2.05, 4.69) is 10.2 Å². The van der Waals surface area contributed by atoms with Crippen LogP contribution in [0.5, 0.6) is 0 Å². The third-order valence-electron chi connectivity index (χ3n) is 3.29. The van der Waals surface area contributed by atoms with Gasteiger partial charge in [-0.15, -0.1) is 10.2 Å². The van der Waals surface area contributed by atoms with E-state index < -0.39 is 12.0 Å². The van der Waals surface area contributed by atoms with E-state index in [1.54, 1.807) is 6.07 Å². The van der Waals surface area contributed by atoms with Crippen molar-refractivity contribution in [3.63, 3.8) is 0 Å². The van der Waals surface area contributed by atoms with Gasteiger partial charge in [0.1, 0.15) is 0 Å². The van der Waals surface area contributed by atoms with Gasteiger partial charge in [-0.05, 0) is 11.6 Å². The number of aromatic nitrogens is 3. The molecular formula is C12H11F3N4O2. The summed E-state index contributed by atoms with van der Waals surface area (Å²) in [4.78, 5) is 13.6. The van der Waals surface area contributed by atoms with Crippen LogP contribution in [0.15, 0.2) is 23.0 Å². The zero-order valence-electron chi connectivity index (χ0n) is 10.8. The first-order valence-electron chi connectivity index (χ1n) is 6.23. The third-order valence-corrected chi connectivity index (χ3v) is 3.29. The summed E-state index contributed by atoms with van der Waals surface area (Å²) < 4.78 is 44.0. The molecule has 21 heavy (non-hydrogen) atoms. The second-order valence-corrected chi connectivity index (χ2v) is 4.71. The van der Waals surface area contributed by atoms with Crippen LogP contribution in [0.4, 0.5) is 13.2 Å². The number of carbonyl (C=O) groups is 1. The summed E-state index contributed by atoms with van der Waals surface area (Å²) in [6.07, 6.45) is -1.46. The molecule has 0 aromatic carbocycles. The molecule has 2 aromatic rings. The first kappa shape index (κ1) is 13.7. The van der Waals surface area contributed by atoms with Gasteiger partial charge in [0.25, 0.3) is 0 Å². The highest BCUT2D eigenvalue weighted by atomic mass is 19.4. The number of alkyl halides is 3. The van der Waals surface area contributed by atoms with Crippen molar-refractivity contribution in [1.82, 2.24) is 19.7 Å². The fourth-order valence-corrected chi connectivity index (χ4v) is 2.26. The molecule has 112 valence electrons. The van der Waals surface area contributed by atoms with Gasteiger partial charge in [0, 0.05) is 13.1 Å². The van der Waals surface area contributed by atoms with E-state index in [-0.39, 0.29) is 37.8 Å². The summed E-state index contributed by atoms with van der Waals surface area (Å²) in [5.41, 5.74) is 0.725. The molecule has 2 aromatic heterocycles. The van der Waals surface area contributed by atoms with Gasteiger partial charge in [-0.2, -0.15) is 13.2 Å². The molecule has 0 saturated carbocycles. The fourth-order valence-electron chi connectivity index (χ4n) is 2.26. The summed E-state index contributed by atoms with van der Waals surface area (Å²) in [6.45, 7) is 0.263. The van der Waals surface area contributed by atoms with Gasteiger partial charge in [-0.1, -0.05) is 0 Å². The summed E-state index contributed by atoms with van der Waals surface area (Å²) >= 11 is 0. The maximum atomic E-state index is 12.7. The zero-order chi connectivity index (χ0) is 15.0. The molecule has 1 aliphatic heterocycles. The van der Waals surface area contributed by atoms with E-state index in [9.17, 15) is 18.0 Å². The maximum absolute atomic E-state index is 12.7. The monoisotopic (exact) mass is 300 g/mol. The average Bonchev–Trinajstić information content (AvgIpc) is 3.05. The van der Waals surface area contributed by atoms with E-state index in [0.717, 1.165) is 10.1 Å². The Morgan fingerprint density at radius 3 is 2.81 bits per heavy atom. The standard InChI is InChI=1S/C12H11F3N4O2/c13-12(14,15)11-17-16-9-6-18(2-3-19(9)11)10(20)5-8-1-4-21-7-8/h1,4,7H,2-3,5-6H2. The van der Waals surface area contributed by atoms with Crippen molar-refractivity contribution in [2.75, 3.05) is 6.54 Å². The van der Waals surface area contributed by atoms with E-state index in [4.69, 9.17) is 4.42 Å². The topological polar surface area (TPSA) is 64.2 Å². The zero-order valence-corrected chi connectivity index (χ0v) is 10.8. The molecule has 0 spiro atoms. The van der Waals surface area contributed by atoms with Crippen LogP contribution >= 0.6 is 0 Å². The maximum Gasteiger partial charge on any atom is 0.451 e. The molecule has 6 nitrogen and oxygen atoms in total. The van der Waals surface area contributed by atoms with Gasteiger partial charge >= 0.3 is 6.18 Å². The molecule has 1 amide bonds. The number of nitrogens with zero attached hydrogens (tertiary/aromatic N) is 4. The Morgan fingerprint density at radius 2 is 2.14 bits per heavy atom. The van der Waals surface area contributed by atoms with Crippen LogP contribution in [0.25, 0.3) is 0 Å². The number of furan rings is 1. The molecule has 0 radical (unpaired) electrons. The molecule has 9 heteroatoms. The Balaban J connectivity index is 1.73. The van der Waals surface area contributed by atoms with Crippen molar-refractivity contribution in [3.8, 4) is 0 Å². The highest BCUT2D eigenvalue weighted by Gasteiger charge is 2.39. The van der Waals surface area contributed by atoms with Crippen molar-refractivity contribution in [3.05, 3.63) is 35.8 Å². The highest BCUT2D eigenvalue weighted by Crippen LogP contribution is 2.29. The first-order valence-corrected chi connectivity index (χ1v) is 6.23. The second kappa shape index (κ2) is 4.90. The van der Waals surface area contributed by atoms with Gasteiger partial charge < -0.3 is 13.9 Å². The molecule has 0 unspecified atom stereocenters. The third kappa shape index (κ3) is 2.63. The fraction of sp³-hybridized carbons (Fsp3) is 0.417. The molecule has 3 rings (SSSR count). The van der Waals surface area contributed by atoms with Crippen LogP contribution in [0.2, 0.25) is 0 Å². The van der Waals surface area contributed by atoms with Gasteiger partial charge in [0.15, 0.2) is 5.82 Å². The number of carbonyl (C=O) groups excluding carboxylic acids is 1. The van der Waals surface area contributed by atoms with Crippen LogP contribution in [0, 0.1) is 0 Å². The minimum Gasteiger partial charge on any atom is -0.472 e. The molecule has 1 aliphatic rings. The second-order valence-electron chi connectivity index (χ2n) is 4.71. The molecule has 0 bridgehead atoms. The Morgan fingerprint density at radius 1 is 1.33 bits per heavy atom. The summed E-state index contributed by atoms with van der Waals surface area (Å²) in [7, 11) is 0. The Labute approximate surface area is 117 Å².